The van der Waals surface area contributed by atoms with Crippen LogP contribution in [0.15, 0.2) is 0 Å². The van der Waals surface area contributed by atoms with Crippen molar-refractivity contribution in [1.29, 1.82) is 0 Å². The van der Waals surface area contributed by atoms with Crippen molar-refractivity contribution in [3.05, 3.63) is 0 Å². The molecule has 2 rings (SSSR count). The van der Waals surface area contributed by atoms with Gasteiger partial charge in [-0.05, 0) is 27.3 Å². The van der Waals surface area contributed by atoms with Crippen molar-refractivity contribution in [2.45, 2.75) is 38.4 Å². The summed E-state index contributed by atoms with van der Waals surface area (Å²) in [6.07, 6.45) is 1.41. The number of nitrogens with zero attached hydrogens (tertiary/aromatic N) is 2. The van der Waals surface area contributed by atoms with Crippen molar-refractivity contribution in [2.75, 3.05) is 20.1 Å². The second kappa shape index (κ2) is 2.46. The van der Waals surface area contributed by atoms with Crippen LogP contribution in [0.1, 0.15) is 20.3 Å². The second-order valence-electron chi connectivity index (χ2n) is 4.27. The van der Waals surface area contributed by atoms with Crippen molar-refractivity contribution in [3.8, 4) is 0 Å². The molecule has 0 spiro atoms. The lowest BCUT2D eigenvalue weighted by molar-refractivity contribution is 0.121. The van der Waals surface area contributed by atoms with Crippen LogP contribution in [-0.2, 0) is 0 Å². The van der Waals surface area contributed by atoms with Gasteiger partial charge in [0.05, 0.1) is 0 Å². The topological polar surface area (TPSA) is 6.48 Å². The van der Waals surface area contributed by atoms with Crippen LogP contribution in [0.4, 0.5) is 0 Å². The van der Waals surface area contributed by atoms with E-state index in [1.807, 2.05) is 0 Å². The molecule has 0 amide bonds. The van der Waals surface area contributed by atoms with E-state index in [9.17, 15) is 0 Å². The largest absolute Gasteiger partial charge is 0.301 e. The number of hydrogen-bond acceptors (Lipinski definition) is 2. The molecular formula is C9H18N2. The quantitative estimate of drug-likeness (QED) is 0.551. The highest BCUT2D eigenvalue weighted by molar-refractivity contribution is 4.99. The van der Waals surface area contributed by atoms with Gasteiger partial charge in [-0.2, -0.15) is 0 Å². The summed E-state index contributed by atoms with van der Waals surface area (Å²) < 4.78 is 0. The molecule has 2 fully saturated rings. The molecule has 2 saturated heterocycles. The Hall–Kier alpha value is -0.0800. The molecule has 0 N–H and O–H groups in total. The van der Waals surface area contributed by atoms with Gasteiger partial charge in [-0.25, -0.2) is 0 Å². The normalized spacial score (nSPS) is 39.3. The minimum atomic E-state index is 0.749. The van der Waals surface area contributed by atoms with E-state index in [1.54, 1.807) is 0 Å². The number of likely N-dealkylation sites (N-methyl/N-ethyl adjacent to an activating group) is 1. The molecule has 2 atom stereocenters. The van der Waals surface area contributed by atoms with Gasteiger partial charge < -0.3 is 4.90 Å². The van der Waals surface area contributed by atoms with Gasteiger partial charge in [0, 0.05) is 31.2 Å². The van der Waals surface area contributed by atoms with E-state index >= 15 is 0 Å². The van der Waals surface area contributed by atoms with Crippen LogP contribution >= 0.6 is 0 Å². The van der Waals surface area contributed by atoms with Crippen molar-refractivity contribution < 1.29 is 0 Å². The van der Waals surface area contributed by atoms with Gasteiger partial charge in [0.15, 0.2) is 0 Å². The average Bonchev–Trinajstić information content (AvgIpc) is 2.43. The van der Waals surface area contributed by atoms with Gasteiger partial charge in [-0.3, -0.25) is 4.90 Å². The van der Waals surface area contributed by atoms with E-state index in [2.05, 4.69) is 30.7 Å². The molecule has 0 aromatic carbocycles. The maximum atomic E-state index is 2.64. The van der Waals surface area contributed by atoms with E-state index in [4.69, 9.17) is 0 Å². The van der Waals surface area contributed by atoms with Gasteiger partial charge in [0.1, 0.15) is 0 Å². The summed E-state index contributed by atoms with van der Waals surface area (Å²) in [6, 6.07) is 2.48. The first-order chi connectivity index (χ1) is 5.18. The fourth-order valence-electron chi connectivity index (χ4n) is 2.53. The zero-order valence-corrected chi connectivity index (χ0v) is 7.75. The number of likely N-dealkylation sites (tertiary alicyclic amines) is 2. The van der Waals surface area contributed by atoms with E-state index < -0.39 is 0 Å². The number of piperazine rings is 1. The van der Waals surface area contributed by atoms with Crippen LogP contribution in [0, 0.1) is 0 Å². The molecule has 2 aliphatic rings. The van der Waals surface area contributed by atoms with Crippen LogP contribution in [0.25, 0.3) is 0 Å². The standard InChI is InChI=1S/C9H18N2/c1-7(2)11-6-8-4-9(11)5-10(8)3/h7-9H,4-6H2,1-3H3/t8-,9-/m0/s1. The third-order valence-electron chi connectivity index (χ3n) is 3.22. The van der Waals surface area contributed by atoms with E-state index in [-0.39, 0.29) is 0 Å². The molecule has 0 unspecified atom stereocenters. The molecule has 2 heterocycles. The highest BCUT2D eigenvalue weighted by atomic mass is 15.3. The van der Waals surface area contributed by atoms with Crippen molar-refractivity contribution >= 4 is 0 Å². The summed E-state index contributed by atoms with van der Waals surface area (Å²) in [4.78, 5) is 5.15. The minimum Gasteiger partial charge on any atom is -0.301 e. The van der Waals surface area contributed by atoms with E-state index in [1.165, 1.54) is 19.5 Å². The molecule has 2 heteroatoms. The third-order valence-corrected chi connectivity index (χ3v) is 3.22. The van der Waals surface area contributed by atoms with Crippen LogP contribution in [0.2, 0.25) is 0 Å². The second-order valence-corrected chi connectivity index (χ2v) is 4.27. The van der Waals surface area contributed by atoms with Gasteiger partial charge in [0.2, 0.25) is 0 Å². The van der Waals surface area contributed by atoms with Gasteiger partial charge in [-0.1, -0.05) is 0 Å². The predicted octanol–water partition coefficient (Wildman–Crippen LogP) is 0.783. The smallest absolute Gasteiger partial charge is 0.0241 e. The Kier molecular flexibility index (Phi) is 1.69. The lowest BCUT2D eigenvalue weighted by Gasteiger charge is -2.34. The number of rotatable bonds is 1. The zero-order chi connectivity index (χ0) is 8.01. The van der Waals surface area contributed by atoms with Crippen molar-refractivity contribution in [1.82, 2.24) is 9.80 Å². The molecular weight excluding hydrogens is 136 g/mol. The lowest BCUT2D eigenvalue weighted by atomic mass is 10.2. The Morgan fingerprint density at radius 3 is 2.27 bits per heavy atom. The number of hydrogen-bond donors (Lipinski definition) is 0. The molecule has 2 bridgehead atoms. The van der Waals surface area contributed by atoms with Gasteiger partial charge in [-0.15, -0.1) is 0 Å². The molecule has 0 radical (unpaired) electrons. The minimum absolute atomic E-state index is 0.749. The molecule has 0 saturated carbocycles. The summed E-state index contributed by atoms with van der Waals surface area (Å²) in [5.41, 5.74) is 0. The van der Waals surface area contributed by atoms with Crippen LogP contribution in [0.5, 0.6) is 0 Å². The molecule has 2 aliphatic heterocycles. The maximum Gasteiger partial charge on any atom is 0.0241 e. The van der Waals surface area contributed by atoms with Crippen molar-refractivity contribution in [2.24, 2.45) is 0 Å². The zero-order valence-electron chi connectivity index (χ0n) is 7.75. The van der Waals surface area contributed by atoms with E-state index in [0.29, 0.717) is 0 Å². The van der Waals surface area contributed by atoms with E-state index in [0.717, 1.165) is 18.1 Å². The highest BCUT2D eigenvalue weighted by Gasteiger charge is 2.41. The first-order valence-corrected chi connectivity index (χ1v) is 4.64. The summed E-state index contributed by atoms with van der Waals surface area (Å²) in [6.45, 7) is 7.21. The maximum absolute atomic E-state index is 2.64. The molecule has 11 heavy (non-hydrogen) atoms. The fourth-order valence-corrected chi connectivity index (χ4v) is 2.53. The van der Waals surface area contributed by atoms with Gasteiger partial charge >= 0.3 is 0 Å². The lowest BCUT2D eigenvalue weighted by Crippen LogP contribution is -2.47. The Morgan fingerprint density at radius 2 is 1.91 bits per heavy atom. The predicted molar refractivity (Wildman–Crippen MR) is 46.7 cm³/mol. The van der Waals surface area contributed by atoms with Gasteiger partial charge in [0.25, 0.3) is 0 Å². The molecule has 0 aliphatic carbocycles. The Labute approximate surface area is 69.2 Å². The Morgan fingerprint density at radius 1 is 1.18 bits per heavy atom. The summed E-state index contributed by atoms with van der Waals surface area (Å²) in [5, 5.41) is 0. The van der Waals surface area contributed by atoms with Crippen LogP contribution in [0.3, 0.4) is 0 Å². The van der Waals surface area contributed by atoms with Crippen LogP contribution in [-0.4, -0.2) is 48.1 Å². The Balaban J connectivity index is 2.02. The fraction of sp³-hybridized carbons (Fsp3) is 1.00. The summed E-state index contributed by atoms with van der Waals surface area (Å²) in [5.74, 6) is 0. The monoisotopic (exact) mass is 154 g/mol. The number of fused-ring (bicyclic) bond motifs is 2. The highest BCUT2D eigenvalue weighted by Crippen LogP contribution is 2.30. The first kappa shape index (κ1) is 7.56. The third kappa shape index (κ3) is 1.09. The first-order valence-electron chi connectivity index (χ1n) is 4.64. The Bertz CT molecular complexity index is 154. The average molecular weight is 154 g/mol. The van der Waals surface area contributed by atoms with Crippen LogP contribution < -0.4 is 0 Å². The summed E-state index contributed by atoms with van der Waals surface area (Å²) in [7, 11) is 2.25. The molecule has 0 aromatic rings. The van der Waals surface area contributed by atoms with Crippen molar-refractivity contribution in [3.63, 3.8) is 0 Å². The molecule has 0 aromatic heterocycles. The summed E-state index contributed by atoms with van der Waals surface area (Å²) >= 11 is 0. The molecule has 64 valence electrons. The molecule has 2 nitrogen and oxygen atoms in total. The SMILES string of the molecule is CC(C)N1C[C@@H]2C[C@H]1CN2C.